The molecule has 0 atom stereocenters. The lowest BCUT2D eigenvalue weighted by molar-refractivity contribution is -0.123. The van der Waals surface area contributed by atoms with Crippen LogP contribution in [0.4, 0.5) is 4.79 Å². The Balaban J connectivity index is 1.77. The van der Waals surface area contributed by atoms with E-state index in [0.717, 1.165) is 18.4 Å². The standard InChI is InChI=1S/C15H18N2O5/c1-21-8-10-3-2-4-11(7-10)14(19)22-9-13(18)17-15(20)16-12-5-6-12/h2-4,7,12H,5-6,8-9H2,1H3,(H2,16,17,18,20). The summed E-state index contributed by atoms with van der Waals surface area (Å²) in [6.07, 6.45) is 1.85. The van der Waals surface area contributed by atoms with Gasteiger partial charge in [-0.15, -0.1) is 0 Å². The normalized spacial score (nSPS) is 13.3. The number of ether oxygens (including phenoxy) is 2. The van der Waals surface area contributed by atoms with Crippen LogP contribution in [-0.4, -0.2) is 37.7 Å². The number of imide groups is 1. The third kappa shape index (κ3) is 5.17. The van der Waals surface area contributed by atoms with Crippen LogP contribution in [0.2, 0.25) is 0 Å². The maximum atomic E-state index is 11.8. The molecule has 2 N–H and O–H groups in total. The van der Waals surface area contributed by atoms with Gasteiger partial charge in [-0.25, -0.2) is 9.59 Å². The van der Waals surface area contributed by atoms with Crippen molar-refractivity contribution in [3.8, 4) is 0 Å². The van der Waals surface area contributed by atoms with Gasteiger partial charge in [0.1, 0.15) is 0 Å². The molecule has 118 valence electrons. The van der Waals surface area contributed by atoms with Crippen LogP contribution < -0.4 is 10.6 Å². The lowest BCUT2D eigenvalue weighted by atomic mass is 10.1. The summed E-state index contributed by atoms with van der Waals surface area (Å²) in [4.78, 5) is 34.7. The highest BCUT2D eigenvalue weighted by Crippen LogP contribution is 2.18. The molecule has 3 amide bonds. The lowest BCUT2D eigenvalue weighted by Gasteiger charge is -2.07. The molecule has 0 aliphatic heterocycles. The molecule has 0 aromatic heterocycles. The Labute approximate surface area is 128 Å². The maximum Gasteiger partial charge on any atom is 0.338 e. The maximum absolute atomic E-state index is 11.8. The average Bonchev–Trinajstić information content (AvgIpc) is 3.29. The number of urea groups is 1. The molecule has 7 heteroatoms. The highest BCUT2D eigenvalue weighted by atomic mass is 16.5. The number of benzene rings is 1. The second kappa shape index (κ2) is 7.56. The van der Waals surface area contributed by atoms with E-state index >= 15 is 0 Å². The Morgan fingerprint density at radius 2 is 2.05 bits per heavy atom. The summed E-state index contributed by atoms with van der Waals surface area (Å²) in [6.45, 7) is -0.131. The molecule has 22 heavy (non-hydrogen) atoms. The molecule has 2 rings (SSSR count). The predicted molar refractivity (Wildman–Crippen MR) is 77.1 cm³/mol. The van der Waals surface area contributed by atoms with E-state index in [9.17, 15) is 14.4 Å². The van der Waals surface area contributed by atoms with Crippen LogP contribution in [-0.2, 0) is 20.9 Å². The second-order valence-corrected chi connectivity index (χ2v) is 5.01. The number of hydrogen-bond acceptors (Lipinski definition) is 5. The fraction of sp³-hybridized carbons (Fsp3) is 0.400. The Morgan fingerprint density at radius 1 is 1.27 bits per heavy atom. The number of hydrogen-bond donors (Lipinski definition) is 2. The van der Waals surface area contributed by atoms with Crippen LogP contribution >= 0.6 is 0 Å². The van der Waals surface area contributed by atoms with Crippen LogP contribution in [0.25, 0.3) is 0 Å². The summed E-state index contributed by atoms with van der Waals surface area (Å²) in [7, 11) is 1.56. The van der Waals surface area contributed by atoms with Crippen molar-refractivity contribution in [1.82, 2.24) is 10.6 Å². The van der Waals surface area contributed by atoms with Gasteiger partial charge in [0.2, 0.25) is 0 Å². The van der Waals surface area contributed by atoms with Gasteiger partial charge in [0.15, 0.2) is 6.61 Å². The quantitative estimate of drug-likeness (QED) is 0.764. The molecule has 1 aromatic rings. The average molecular weight is 306 g/mol. The second-order valence-electron chi connectivity index (χ2n) is 5.01. The number of rotatable bonds is 6. The number of esters is 1. The first-order chi connectivity index (χ1) is 10.6. The first kappa shape index (κ1) is 16.0. The number of nitrogens with one attached hydrogen (secondary N) is 2. The van der Waals surface area contributed by atoms with E-state index in [4.69, 9.17) is 9.47 Å². The van der Waals surface area contributed by atoms with Crippen molar-refractivity contribution in [3.63, 3.8) is 0 Å². The van der Waals surface area contributed by atoms with E-state index in [1.807, 2.05) is 6.07 Å². The van der Waals surface area contributed by atoms with Crippen molar-refractivity contribution in [2.75, 3.05) is 13.7 Å². The van der Waals surface area contributed by atoms with Gasteiger partial charge in [-0.05, 0) is 30.5 Å². The molecule has 0 unspecified atom stereocenters. The SMILES string of the molecule is COCc1cccc(C(=O)OCC(=O)NC(=O)NC2CC2)c1. The third-order valence-corrected chi connectivity index (χ3v) is 2.97. The topological polar surface area (TPSA) is 93.7 Å². The summed E-state index contributed by atoms with van der Waals surface area (Å²) in [6, 6.07) is 6.32. The number of carbonyl (C=O) groups excluding carboxylic acids is 3. The van der Waals surface area contributed by atoms with E-state index in [-0.39, 0.29) is 6.04 Å². The lowest BCUT2D eigenvalue weighted by Crippen LogP contribution is -2.42. The molecular weight excluding hydrogens is 288 g/mol. The highest BCUT2D eigenvalue weighted by Gasteiger charge is 2.24. The van der Waals surface area contributed by atoms with Crippen LogP contribution in [0.15, 0.2) is 24.3 Å². The Kier molecular flexibility index (Phi) is 5.48. The molecule has 0 spiro atoms. The molecule has 0 bridgehead atoms. The third-order valence-electron chi connectivity index (χ3n) is 2.97. The summed E-state index contributed by atoms with van der Waals surface area (Å²) in [5.41, 5.74) is 1.15. The molecule has 1 aromatic carbocycles. The van der Waals surface area contributed by atoms with Gasteiger partial charge < -0.3 is 14.8 Å². The molecular formula is C15H18N2O5. The minimum Gasteiger partial charge on any atom is -0.452 e. The van der Waals surface area contributed by atoms with Crippen LogP contribution in [0.1, 0.15) is 28.8 Å². The van der Waals surface area contributed by atoms with Gasteiger partial charge in [0, 0.05) is 13.2 Å². The number of carbonyl (C=O) groups is 3. The van der Waals surface area contributed by atoms with Gasteiger partial charge in [0.25, 0.3) is 5.91 Å². The minimum absolute atomic E-state index is 0.152. The van der Waals surface area contributed by atoms with Gasteiger partial charge >= 0.3 is 12.0 Å². The molecule has 1 fully saturated rings. The predicted octanol–water partition coefficient (Wildman–Crippen LogP) is 0.978. The summed E-state index contributed by atoms with van der Waals surface area (Å²) < 4.78 is 9.85. The Morgan fingerprint density at radius 3 is 2.73 bits per heavy atom. The van der Waals surface area contributed by atoms with E-state index < -0.39 is 24.5 Å². The summed E-state index contributed by atoms with van der Waals surface area (Å²) >= 11 is 0. The molecule has 1 saturated carbocycles. The van der Waals surface area contributed by atoms with Gasteiger partial charge in [0.05, 0.1) is 12.2 Å². The zero-order chi connectivity index (χ0) is 15.9. The smallest absolute Gasteiger partial charge is 0.338 e. The van der Waals surface area contributed by atoms with Crippen molar-refractivity contribution in [1.29, 1.82) is 0 Å². The highest BCUT2D eigenvalue weighted by molar-refractivity contribution is 5.97. The van der Waals surface area contributed by atoms with E-state index in [2.05, 4.69) is 10.6 Å². The fourth-order valence-corrected chi connectivity index (χ4v) is 1.78. The van der Waals surface area contributed by atoms with Crippen LogP contribution in [0.3, 0.4) is 0 Å². The van der Waals surface area contributed by atoms with Gasteiger partial charge in [-0.1, -0.05) is 12.1 Å². The van der Waals surface area contributed by atoms with E-state index in [1.165, 1.54) is 0 Å². The zero-order valence-corrected chi connectivity index (χ0v) is 12.3. The number of amides is 3. The zero-order valence-electron chi connectivity index (χ0n) is 12.3. The largest absolute Gasteiger partial charge is 0.452 e. The van der Waals surface area contributed by atoms with Gasteiger partial charge in [-0.3, -0.25) is 10.1 Å². The van der Waals surface area contributed by atoms with Crippen molar-refractivity contribution >= 4 is 17.9 Å². The fourth-order valence-electron chi connectivity index (χ4n) is 1.78. The van der Waals surface area contributed by atoms with Crippen LogP contribution in [0.5, 0.6) is 0 Å². The Bertz CT molecular complexity index is 569. The monoisotopic (exact) mass is 306 g/mol. The molecule has 7 nitrogen and oxygen atoms in total. The van der Waals surface area contributed by atoms with Crippen molar-refractivity contribution in [2.45, 2.75) is 25.5 Å². The molecule has 1 aliphatic rings. The van der Waals surface area contributed by atoms with Crippen molar-refractivity contribution < 1.29 is 23.9 Å². The Hall–Kier alpha value is -2.41. The minimum atomic E-state index is -0.667. The first-order valence-electron chi connectivity index (χ1n) is 6.94. The molecule has 1 aliphatic carbocycles. The number of methoxy groups -OCH3 is 1. The van der Waals surface area contributed by atoms with Gasteiger partial charge in [-0.2, -0.15) is 0 Å². The molecule has 0 heterocycles. The molecule has 0 radical (unpaired) electrons. The van der Waals surface area contributed by atoms with Crippen molar-refractivity contribution in [3.05, 3.63) is 35.4 Å². The van der Waals surface area contributed by atoms with Crippen LogP contribution in [0, 0.1) is 0 Å². The van der Waals surface area contributed by atoms with Crippen molar-refractivity contribution in [2.24, 2.45) is 0 Å². The summed E-state index contributed by atoms with van der Waals surface area (Å²) in [5.74, 6) is -1.30. The van der Waals surface area contributed by atoms with E-state index in [1.54, 1.807) is 25.3 Å². The molecule has 0 saturated heterocycles. The first-order valence-corrected chi connectivity index (χ1v) is 6.94. The summed E-state index contributed by atoms with van der Waals surface area (Å²) in [5, 5.41) is 4.70. The van der Waals surface area contributed by atoms with E-state index in [0.29, 0.717) is 12.2 Å².